The van der Waals surface area contributed by atoms with Crippen LogP contribution in [-0.2, 0) is 4.74 Å². The maximum atomic E-state index is 10.8. The fraction of sp³-hybridized carbons (Fsp3) is 0.357. The summed E-state index contributed by atoms with van der Waals surface area (Å²) >= 11 is 0. The fourth-order valence-corrected chi connectivity index (χ4v) is 0.942. The molecular weight excluding hydrogens is 200 g/mol. The third kappa shape index (κ3) is 6.67. The van der Waals surface area contributed by atoms with Crippen molar-refractivity contribution in [2.75, 3.05) is 7.11 Å². The van der Waals surface area contributed by atoms with Crippen LogP contribution in [-0.4, -0.2) is 13.1 Å². The van der Waals surface area contributed by atoms with Gasteiger partial charge in [0.25, 0.3) is 0 Å². The summed E-state index contributed by atoms with van der Waals surface area (Å²) in [4.78, 5) is 10.8. The van der Waals surface area contributed by atoms with Crippen molar-refractivity contribution in [2.45, 2.75) is 26.7 Å². The van der Waals surface area contributed by atoms with Gasteiger partial charge in [0, 0.05) is 6.42 Å². The Kier molecular flexibility index (Phi) is 8.72. The zero-order valence-corrected chi connectivity index (χ0v) is 10.1. The fourth-order valence-electron chi connectivity index (χ4n) is 0.942. The van der Waals surface area contributed by atoms with Gasteiger partial charge in [-0.2, -0.15) is 0 Å². The molecule has 2 nitrogen and oxygen atoms in total. The van der Waals surface area contributed by atoms with E-state index >= 15 is 0 Å². The minimum Gasteiger partial charge on any atom is -0.465 e. The standard InChI is InChI=1S/C8H8O2.C6H10/c1-10-8(9)7-5-3-2-4-6-7;1-3-5-6-4-2/h2-6H,1H3;3,5H2,1-2H3. The summed E-state index contributed by atoms with van der Waals surface area (Å²) in [5.74, 6) is 5.48. The molecule has 0 N–H and O–H groups in total. The molecule has 0 aliphatic rings. The molecule has 2 heteroatoms. The van der Waals surface area contributed by atoms with Crippen LogP contribution in [0, 0.1) is 11.8 Å². The maximum Gasteiger partial charge on any atom is 0.337 e. The van der Waals surface area contributed by atoms with Crippen molar-refractivity contribution >= 4 is 5.97 Å². The first-order chi connectivity index (χ1) is 7.76. The summed E-state index contributed by atoms with van der Waals surface area (Å²) in [5.41, 5.74) is 0.588. The van der Waals surface area contributed by atoms with Crippen LogP contribution in [0.4, 0.5) is 0 Å². The minimum atomic E-state index is -0.291. The summed E-state index contributed by atoms with van der Waals surface area (Å²) < 4.78 is 4.50. The van der Waals surface area contributed by atoms with Crippen molar-refractivity contribution in [1.29, 1.82) is 0 Å². The molecule has 0 aliphatic carbocycles. The van der Waals surface area contributed by atoms with E-state index in [4.69, 9.17) is 0 Å². The van der Waals surface area contributed by atoms with Crippen LogP contribution in [0.3, 0.4) is 0 Å². The highest BCUT2D eigenvalue weighted by Crippen LogP contribution is 1.98. The molecule has 16 heavy (non-hydrogen) atoms. The van der Waals surface area contributed by atoms with Crippen molar-refractivity contribution in [3.05, 3.63) is 35.9 Å². The van der Waals surface area contributed by atoms with Crippen LogP contribution in [0.15, 0.2) is 30.3 Å². The number of esters is 1. The second kappa shape index (κ2) is 9.79. The molecule has 0 unspecified atom stereocenters. The number of methoxy groups -OCH3 is 1. The van der Waals surface area contributed by atoms with Crippen molar-refractivity contribution in [3.63, 3.8) is 0 Å². The Balaban J connectivity index is 0.000000325. The van der Waals surface area contributed by atoms with E-state index in [1.165, 1.54) is 13.5 Å². The first-order valence-corrected chi connectivity index (χ1v) is 5.29. The second-order valence-corrected chi connectivity index (χ2v) is 3.03. The molecule has 0 amide bonds. The van der Waals surface area contributed by atoms with Gasteiger partial charge in [-0.25, -0.2) is 4.79 Å². The average molecular weight is 218 g/mol. The van der Waals surface area contributed by atoms with Crippen molar-refractivity contribution < 1.29 is 9.53 Å². The Bertz CT molecular complexity index is 344. The Labute approximate surface area is 97.6 Å². The molecule has 0 saturated carbocycles. The Morgan fingerprint density at radius 2 is 1.94 bits per heavy atom. The number of unbranched alkanes of at least 4 members (excludes halogenated alkanes) is 1. The normalized spacial score (nSPS) is 7.94. The molecule has 0 atom stereocenters. The monoisotopic (exact) mass is 218 g/mol. The lowest BCUT2D eigenvalue weighted by Gasteiger charge is -1.95. The number of hydrogen-bond donors (Lipinski definition) is 0. The molecule has 0 heterocycles. The predicted molar refractivity (Wildman–Crippen MR) is 66.1 cm³/mol. The van der Waals surface area contributed by atoms with E-state index in [1.54, 1.807) is 24.3 Å². The van der Waals surface area contributed by atoms with Crippen molar-refractivity contribution in [3.8, 4) is 11.8 Å². The lowest BCUT2D eigenvalue weighted by atomic mass is 10.2. The van der Waals surface area contributed by atoms with Gasteiger partial charge in [-0.05, 0) is 25.5 Å². The van der Waals surface area contributed by atoms with Crippen molar-refractivity contribution in [1.82, 2.24) is 0 Å². The first-order valence-electron chi connectivity index (χ1n) is 5.29. The summed E-state index contributed by atoms with van der Waals surface area (Å²) in [5, 5.41) is 0. The second-order valence-electron chi connectivity index (χ2n) is 3.03. The molecule has 86 valence electrons. The SMILES string of the molecule is CC#CCCC.COC(=O)c1ccccc1. The van der Waals surface area contributed by atoms with E-state index in [1.807, 2.05) is 13.0 Å². The molecule has 0 fully saturated rings. The molecule has 0 spiro atoms. The molecule has 0 bridgehead atoms. The van der Waals surface area contributed by atoms with E-state index in [-0.39, 0.29) is 5.97 Å². The van der Waals surface area contributed by atoms with E-state index in [9.17, 15) is 4.79 Å². The van der Waals surface area contributed by atoms with Crippen LogP contribution < -0.4 is 0 Å². The summed E-state index contributed by atoms with van der Waals surface area (Å²) in [7, 11) is 1.37. The number of rotatable bonds is 2. The molecule has 1 aromatic rings. The van der Waals surface area contributed by atoms with E-state index in [2.05, 4.69) is 23.5 Å². The largest absolute Gasteiger partial charge is 0.465 e. The van der Waals surface area contributed by atoms with Gasteiger partial charge in [0.15, 0.2) is 0 Å². The highest BCUT2D eigenvalue weighted by Gasteiger charge is 2.00. The molecule has 1 aromatic carbocycles. The number of benzene rings is 1. The number of hydrogen-bond acceptors (Lipinski definition) is 2. The Morgan fingerprint density at radius 1 is 1.31 bits per heavy atom. The first kappa shape index (κ1) is 14.2. The predicted octanol–water partition coefficient (Wildman–Crippen LogP) is 3.28. The number of carbonyl (C=O) groups is 1. The summed E-state index contributed by atoms with van der Waals surface area (Å²) in [6.45, 7) is 4.00. The third-order valence-corrected chi connectivity index (χ3v) is 1.75. The van der Waals surface area contributed by atoms with Gasteiger partial charge in [-0.1, -0.05) is 25.1 Å². The highest BCUT2D eigenvalue weighted by atomic mass is 16.5. The number of ether oxygens (including phenoxy) is 1. The molecule has 0 radical (unpaired) electrons. The quantitative estimate of drug-likeness (QED) is 0.562. The average Bonchev–Trinajstić information content (AvgIpc) is 2.37. The zero-order chi connectivity index (χ0) is 12.2. The van der Waals surface area contributed by atoms with Crippen LogP contribution in [0.5, 0.6) is 0 Å². The van der Waals surface area contributed by atoms with E-state index < -0.39 is 0 Å². The molecular formula is C14H18O2. The smallest absolute Gasteiger partial charge is 0.337 e. The molecule has 0 aliphatic heterocycles. The van der Waals surface area contributed by atoms with Crippen LogP contribution in [0.25, 0.3) is 0 Å². The van der Waals surface area contributed by atoms with Gasteiger partial charge in [-0.15, -0.1) is 11.8 Å². The number of carbonyl (C=O) groups excluding carboxylic acids is 1. The molecule has 0 aromatic heterocycles. The van der Waals surface area contributed by atoms with Crippen molar-refractivity contribution in [2.24, 2.45) is 0 Å². The Hall–Kier alpha value is -1.75. The Morgan fingerprint density at radius 3 is 2.31 bits per heavy atom. The van der Waals surface area contributed by atoms with Crippen LogP contribution in [0.1, 0.15) is 37.0 Å². The van der Waals surface area contributed by atoms with Gasteiger partial charge in [-0.3, -0.25) is 0 Å². The van der Waals surface area contributed by atoms with Gasteiger partial charge in [0.05, 0.1) is 12.7 Å². The summed E-state index contributed by atoms with van der Waals surface area (Å²) in [6, 6.07) is 8.88. The maximum absolute atomic E-state index is 10.8. The van der Waals surface area contributed by atoms with E-state index in [0.29, 0.717) is 5.56 Å². The third-order valence-electron chi connectivity index (χ3n) is 1.75. The lowest BCUT2D eigenvalue weighted by molar-refractivity contribution is 0.0601. The summed E-state index contributed by atoms with van der Waals surface area (Å²) in [6.07, 6.45) is 2.23. The van der Waals surface area contributed by atoms with Gasteiger partial charge in [0.1, 0.15) is 0 Å². The van der Waals surface area contributed by atoms with E-state index in [0.717, 1.165) is 6.42 Å². The molecule has 0 saturated heterocycles. The van der Waals surface area contributed by atoms with Gasteiger partial charge < -0.3 is 4.74 Å². The zero-order valence-electron chi connectivity index (χ0n) is 10.1. The minimum absolute atomic E-state index is 0.291. The lowest BCUT2D eigenvalue weighted by Crippen LogP contribution is -1.99. The molecule has 1 rings (SSSR count). The van der Waals surface area contributed by atoms with Gasteiger partial charge in [0.2, 0.25) is 0 Å². The van der Waals surface area contributed by atoms with Crippen LogP contribution >= 0.6 is 0 Å². The van der Waals surface area contributed by atoms with Gasteiger partial charge >= 0.3 is 5.97 Å². The van der Waals surface area contributed by atoms with Crippen LogP contribution in [0.2, 0.25) is 0 Å². The highest BCUT2D eigenvalue weighted by molar-refractivity contribution is 5.89. The topological polar surface area (TPSA) is 26.3 Å².